The molecule has 1 saturated heterocycles. The fourth-order valence-corrected chi connectivity index (χ4v) is 7.51. The molecule has 0 radical (unpaired) electrons. The predicted molar refractivity (Wildman–Crippen MR) is 197 cm³/mol. The van der Waals surface area contributed by atoms with Crippen LogP contribution >= 0.6 is 11.6 Å². The molecule has 1 aliphatic carbocycles. The summed E-state index contributed by atoms with van der Waals surface area (Å²) in [7, 11) is 0. The van der Waals surface area contributed by atoms with Crippen molar-refractivity contribution < 1.29 is 34.1 Å². The first-order valence-electron chi connectivity index (χ1n) is 18.0. The minimum Gasteiger partial charge on any atom is -0.490 e. The van der Waals surface area contributed by atoms with Gasteiger partial charge in [0.2, 0.25) is 11.8 Å². The van der Waals surface area contributed by atoms with E-state index in [1.807, 2.05) is 79.4 Å². The molecular formula is C41H46ClN3O7. The van der Waals surface area contributed by atoms with Gasteiger partial charge in [-0.25, -0.2) is 0 Å². The first-order chi connectivity index (χ1) is 25.1. The lowest BCUT2D eigenvalue weighted by Gasteiger charge is -2.53. The predicted octanol–water partition coefficient (Wildman–Crippen LogP) is 5.38. The van der Waals surface area contributed by atoms with Crippen molar-refractivity contribution in [1.82, 2.24) is 15.1 Å². The lowest BCUT2D eigenvalue weighted by Crippen LogP contribution is -2.73. The van der Waals surface area contributed by atoms with Crippen LogP contribution in [0.2, 0.25) is 5.02 Å². The second kappa shape index (κ2) is 16.4. The molecule has 3 aromatic carbocycles. The van der Waals surface area contributed by atoms with Crippen LogP contribution in [0.25, 0.3) is 0 Å². The molecule has 2 aliphatic heterocycles. The number of halogens is 1. The van der Waals surface area contributed by atoms with Crippen LogP contribution < -0.4 is 14.8 Å². The van der Waals surface area contributed by atoms with Crippen molar-refractivity contribution in [2.24, 2.45) is 0 Å². The van der Waals surface area contributed by atoms with Gasteiger partial charge in [0, 0.05) is 45.0 Å². The highest BCUT2D eigenvalue weighted by atomic mass is 35.5. The Morgan fingerprint density at radius 3 is 2.42 bits per heavy atom. The Balaban J connectivity index is 1.27. The Bertz CT molecular complexity index is 1850. The number of carboxylic acids is 1. The minimum absolute atomic E-state index is 0.00566. The number of carbonyl (C=O) groups is 3. The maximum absolute atomic E-state index is 15.1. The summed E-state index contributed by atoms with van der Waals surface area (Å²) < 4.78 is 11.9. The molecular weight excluding hydrogens is 682 g/mol. The fraction of sp³-hybridized carbons (Fsp3) is 0.439. The van der Waals surface area contributed by atoms with E-state index in [2.05, 4.69) is 17.2 Å². The van der Waals surface area contributed by atoms with Gasteiger partial charge in [0.15, 0.2) is 0 Å². The lowest BCUT2D eigenvalue weighted by atomic mass is 9.75. The van der Waals surface area contributed by atoms with Crippen LogP contribution in [0.4, 0.5) is 0 Å². The number of carbonyl (C=O) groups excluding carboxylic acids is 2. The first kappa shape index (κ1) is 37.2. The van der Waals surface area contributed by atoms with Crippen molar-refractivity contribution in [2.45, 2.75) is 89.0 Å². The van der Waals surface area contributed by atoms with Gasteiger partial charge in [-0.1, -0.05) is 59.8 Å². The number of aliphatic hydroxyl groups excluding tert-OH is 1. The Kier molecular flexibility index (Phi) is 11.7. The SMILES string of the molecule is Cc1cc(Cl)c(OCCOc2ccc(C3N(C(=O)CCCC(=O)O)C[C@@H]4C#CC[C@@]3(C(=O)N(Cc3ccccc3CCO)C3CC3)N4)cc2)cc1C. The van der Waals surface area contributed by atoms with E-state index in [1.165, 1.54) is 0 Å². The van der Waals surface area contributed by atoms with Crippen molar-refractivity contribution in [2.75, 3.05) is 26.4 Å². The summed E-state index contributed by atoms with van der Waals surface area (Å²) in [6, 6.07) is 18.0. The molecule has 3 atom stereocenters. The van der Waals surface area contributed by atoms with Crippen LogP contribution in [0.3, 0.4) is 0 Å². The molecule has 2 heterocycles. The van der Waals surface area contributed by atoms with Gasteiger partial charge in [0.05, 0.1) is 17.1 Å². The van der Waals surface area contributed by atoms with Crippen LogP contribution in [0.5, 0.6) is 11.5 Å². The largest absolute Gasteiger partial charge is 0.490 e. The zero-order valence-corrected chi connectivity index (χ0v) is 30.5. The van der Waals surface area contributed by atoms with Gasteiger partial charge in [-0.3, -0.25) is 19.7 Å². The summed E-state index contributed by atoms with van der Waals surface area (Å²) in [4.78, 5) is 44.1. The zero-order chi connectivity index (χ0) is 36.8. The van der Waals surface area contributed by atoms with E-state index >= 15 is 4.79 Å². The molecule has 11 heteroatoms. The molecule has 1 saturated carbocycles. The number of hydrogen-bond acceptors (Lipinski definition) is 7. The van der Waals surface area contributed by atoms with Crippen LogP contribution in [-0.2, 0) is 27.3 Å². The lowest BCUT2D eigenvalue weighted by molar-refractivity contribution is -0.151. The number of piperazine rings is 1. The molecule has 0 aromatic heterocycles. The number of aryl methyl sites for hydroxylation is 2. The molecule has 274 valence electrons. The molecule has 10 nitrogen and oxygen atoms in total. The Hall–Kier alpha value is -4.56. The van der Waals surface area contributed by atoms with Gasteiger partial charge < -0.3 is 29.5 Å². The van der Waals surface area contributed by atoms with Gasteiger partial charge in [0.1, 0.15) is 30.3 Å². The maximum atomic E-state index is 15.1. The number of aliphatic hydroxyl groups is 1. The Morgan fingerprint density at radius 2 is 1.71 bits per heavy atom. The smallest absolute Gasteiger partial charge is 0.303 e. The molecule has 2 bridgehead atoms. The van der Waals surface area contributed by atoms with E-state index in [4.69, 9.17) is 21.1 Å². The van der Waals surface area contributed by atoms with E-state index < -0.39 is 23.6 Å². The number of hydrogen-bond donors (Lipinski definition) is 3. The molecule has 2 fully saturated rings. The number of nitrogens with one attached hydrogen (secondary N) is 1. The zero-order valence-electron chi connectivity index (χ0n) is 29.7. The Morgan fingerprint density at radius 1 is 1.00 bits per heavy atom. The number of ether oxygens (including phenoxy) is 2. The summed E-state index contributed by atoms with van der Waals surface area (Å²) in [5.41, 5.74) is 3.64. The molecule has 0 spiro atoms. The number of benzene rings is 3. The van der Waals surface area contributed by atoms with Crippen LogP contribution in [-0.4, -0.2) is 81.8 Å². The van der Waals surface area contributed by atoms with Crippen LogP contribution in [0, 0.1) is 25.7 Å². The molecule has 3 aromatic rings. The molecule has 2 amide bonds. The summed E-state index contributed by atoms with van der Waals surface area (Å²) in [6.45, 7) is 5.20. The number of carboxylic acid groups (broad SMARTS) is 1. The van der Waals surface area contributed by atoms with Gasteiger partial charge in [-0.05, 0) is 91.6 Å². The number of amides is 2. The minimum atomic E-state index is -1.24. The van der Waals surface area contributed by atoms with Crippen LogP contribution in [0.1, 0.15) is 72.4 Å². The van der Waals surface area contributed by atoms with Gasteiger partial charge in [-0.2, -0.15) is 0 Å². The molecule has 1 unspecified atom stereocenters. The van der Waals surface area contributed by atoms with Gasteiger partial charge >= 0.3 is 5.97 Å². The first-order valence-corrected chi connectivity index (χ1v) is 18.4. The van der Waals surface area contributed by atoms with Crippen molar-refractivity contribution >= 4 is 29.4 Å². The average molecular weight is 728 g/mol. The third-order valence-corrected chi connectivity index (χ3v) is 10.5. The van der Waals surface area contributed by atoms with Gasteiger partial charge in [-0.15, -0.1) is 0 Å². The van der Waals surface area contributed by atoms with Crippen molar-refractivity contribution in [3.05, 3.63) is 93.5 Å². The third kappa shape index (κ3) is 8.39. The quantitative estimate of drug-likeness (QED) is 0.133. The summed E-state index contributed by atoms with van der Waals surface area (Å²) >= 11 is 6.37. The molecule has 3 N–H and O–H groups in total. The number of fused-ring (bicyclic) bond motifs is 2. The summed E-state index contributed by atoms with van der Waals surface area (Å²) in [5.74, 6) is 6.34. The summed E-state index contributed by atoms with van der Waals surface area (Å²) in [5, 5.41) is 23.1. The monoisotopic (exact) mass is 727 g/mol. The molecule has 6 rings (SSSR count). The number of aliphatic carboxylic acids is 1. The normalized spacial score (nSPS) is 20.4. The average Bonchev–Trinajstić information content (AvgIpc) is 3.97. The van der Waals surface area contributed by atoms with Crippen molar-refractivity contribution in [3.63, 3.8) is 0 Å². The second-order valence-corrected chi connectivity index (χ2v) is 14.3. The van der Waals surface area contributed by atoms with Crippen LogP contribution in [0.15, 0.2) is 60.7 Å². The van der Waals surface area contributed by atoms with E-state index in [0.717, 1.165) is 40.7 Å². The van der Waals surface area contributed by atoms with Crippen molar-refractivity contribution in [3.8, 4) is 23.3 Å². The van der Waals surface area contributed by atoms with E-state index in [9.17, 15) is 19.8 Å². The highest BCUT2D eigenvalue weighted by molar-refractivity contribution is 6.32. The molecule has 3 aliphatic rings. The van der Waals surface area contributed by atoms with E-state index in [-0.39, 0.29) is 69.9 Å². The topological polar surface area (TPSA) is 129 Å². The van der Waals surface area contributed by atoms with E-state index in [1.54, 1.807) is 4.90 Å². The summed E-state index contributed by atoms with van der Waals surface area (Å²) in [6.07, 6.45) is 2.56. The maximum Gasteiger partial charge on any atom is 0.303 e. The molecule has 52 heavy (non-hydrogen) atoms. The fourth-order valence-electron chi connectivity index (χ4n) is 7.24. The van der Waals surface area contributed by atoms with Crippen molar-refractivity contribution in [1.29, 1.82) is 0 Å². The van der Waals surface area contributed by atoms with E-state index in [0.29, 0.717) is 29.5 Å². The highest BCUT2D eigenvalue weighted by Gasteiger charge is 2.57. The highest BCUT2D eigenvalue weighted by Crippen LogP contribution is 2.44. The third-order valence-electron chi connectivity index (χ3n) is 10.2. The number of rotatable bonds is 16. The van der Waals surface area contributed by atoms with Gasteiger partial charge in [0.25, 0.3) is 0 Å². The standard InChI is InChI=1S/C41H46ClN3O7/c1-27-23-35(42)36(24-28(27)2)52-22-21-51-34-16-12-30(13-17-34)39-41(19-6-9-32(43-41)26-45(39)37(47)10-5-11-38(48)49)40(50)44(33-14-15-33)25-31-8-4-3-7-29(31)18-20-46/h3-4,7-8,12-13,16-17,23-24,32-33,39,43,46H,5,10-11,14-15,18-22,25-26H2,1-2H3,(H,48,49)/t32-,39?,41+/m0/s1. The Labute approximate surface area is 310 Å². The number of nitrogens with zero attached hydrogens (tertiary/aromatic N) is 2. The second-order valence-electron chi connectivity index (χ2n) is 13.9.